The first-order chi connectivity index (χ1) is 10.7. The number of para-hydroxylation sites is 2. The number of rotatable bonds is 4. The fraction of sp³-hybridized carbons (Fsp3) is 0.500. The normalized spacial score (nSPS) is 17.2. The molecule has 1 aliphatic heterocycles. The number of piperazine rings is 1. The van der Waals surface area contributed by atoms with Crippen molar-refractivity contribution >= 4 is 53.5 Å². The lowest BCUT2D eigenvalue weighted by Gasteiger charge is -2.34. The zero-order valence-corrected chi connectivity index (χ0v) is 16.3. The van der Waals surface area contributed by atoms with E-state index < -0.39 is 0 Å². The minimum Gasteiger partial charge on any atom is -0.336 e. The van der Waals surface area contributed by atoms with Gasteiger partial charge in [0.25, 0.3) is 0 Å². The molecule has 1 amide bonds. The number of benzene rings is 1. The third-order valence-electron chi connectivity index (χ3n) is 4.12. The van der Waals surface area contributed by atoms with Crippen molar-refractivity contribution in [2.24, 2.45) is 0 Å². The summed E-state index contributed by atoms with van der Waals surface area (Å²) in [6.45, 7) is 5.00. The fourth-order valence-electron chi connectivity index (χ4n) is 2.98. The monoisotopic (exact) mass is 390 g/mol. The molecule has 1 aromatic heterocycles. The highest BCUT2D eigenvalue weighted by Gasteiger charge is 2.24. The Kier molecular flexibility index (Phi) is 8.36. The molecule has 8 heteroatoms. The molecule has 0 bridgehead atoms. The molecule has 0 aliphatic carbocycles. The zero-order chi connectivity index (χ0) is 15.5. The van der Waals surface area contributed by atoms with Crippen LogP contribution in [0, 0.1) is 0 Å². The smallest absolute Gasteiger partial charge is 0.242 e. The number of nitrogens with one attached hydrogen (secondary N) is 1. The molecule has 2 aromatic rings. The van der Waals surface area contributed by atoms with Crippen molar-refractivity contribution in [1.82, 2.24) is 19.8 Å². The second-order valence-electron chi connectivity index (χ2n) is 5.68. The van der Waals surface area contributed by atoms with Crippen LogP contribution >= 0.6 is 36.6 Å². The maximum atomic E-state index is 12.7. The number of hydrogen-bond acceptors (Lipinski definition) is 4. The summed E-state index contributed by atoms with van der Waals surface area (Å²) in [6.07, 6.45) is 2.06. The second-order valence-corrected chi connectivity index (χ2v) is 6.54. The number of nitrogens with zero attached hydrogens (tertiary/aromatic N) is 3. The van der Waals surface area contributed by atoms with Crippen LogP contribution in [0.15, 0.2) is 24.3 Å². The van der Waals surface area contributed by atoms with Gasteiger partial charge in [-0.1, -0.05) is 12.1 Å². The van der Waals surface area contributed by atoms with Crippen LogP contribution < -0.4 is 5.32 Å². The first-order valence-electron chi connectivity index (χ1n) is 7.64. The number of aromatic nitrogens is 2. The van der Waals surface area contributed by atoms with Crippen LogP contribution in [0.4, 0.5) is 0 Å². The summed E-state index contributed by atoms with van der Waals surface area (Å²) in [5.41, 5.74) is 2.01. The molecule has 24 heavy (non-hydrogen) atoms. The highest BCUT2D eigenvalue weighted by Crippen LogP contribution is 2.19. The largest absolute Gasteiger partial charge is 0.336 e. The number of carbonyl (C=O) groups is 1. The summed E-state index contributed by atoms with van der Waals surface area (Å²) in [7, 11) is 0. The first kappa shape index (κ1) is 21.1. The Morgan fingerprint density at radius 2 is 2.12 bits per heavy atom. The van der Waals surface area contributed by atoms with Crippen molar-refractivity contribution in [3.05, 3.63) is 30.1 Å². The molecule has 1 fully saturated rings. The van der Waals surface area contributed by atoms with E-state index in [1.54, 1.807) is 11.8 Å². The van der Waals surface area contributed by atoms with E-state index in [4.69, 9.17) is 0 Å². The molecular weight excluding hydrogens is 367 g/mol. The van der Waals surface area contributed by atoms with Crippen molar-refractivity contribution in [3.8, 4) is 0 Å². The molecule has 2 heterocycles. The van der Waals surface area contributed by atoms with Crippen LogP contribution in [-0.4, -0.2) is 52.3 Å². The summed E-state index contributed by atoms with van der Waals surface area (Å²) >= 11 is 1.73. The summed E-state index contributed by atoms with van der Waals surface area (Å²) in [5, 5.41) is 3.32. The van der Waals surface area contributed by atoms with Crippen molar-refractivity contribution in [2.75, 3.05) is 25.9 Å². The van der Waals surface area contributed by atoms with Gasteiger partial charge in [-0.3, -0.25) is 4.79 Å². The Hall–Kier alpha value is -0.950. The molecule has 1 saturated heterocycles. The van der Waals surface area contributed by atoms with Gasteiger partial charge >= 0.3 is 0 Å². The van der Waals surface area contributed by atoms with E-state index in [1.807, 2.05) is 29.2 Å². The summed E-state index contributed by atoms with van der Waals surface area (Å²) in [6, 6.07) is 8.29. The molecule has 5 nitrogen and oxygen atoms in total. The number of fused-ring (bicyclic) bond motifs is 1. The number of imidazole rings is 1. The second kappa shape index (κ2) is 9.51. The lowest BCUT2D eigenvalue weighted by atomic mass is 10.2. The Bertz CT molecular complexity index is 679. The molecule has 1 aliphatic rings. The van der Waals surface area contributed by atoms with Gasteiger partial charge in [0, 0.05) is 25.7 Å². The molecule has 1 unspecified atom stereocenters. The molecule has 1 aromatic carbocycles. The number of carbonyl (C=O) groups excluding carboxylic acids is 1. The fourth-order valence-corrected chi connectivity index (χ4v) is 3.46. The van der Waals surface area contributed by atoms with E-state index in [9.17, 15) is 4.79 Å². The number of thioether (sulfide) groups is 1. The quantitative estimate of drug-likeness (QED) is 0.871. The highest BCUT2D eigenvalue weighted by molar-refractivity contribution is 7.97. The molecule has 0 saturated carbocycles. The lowest BCUT2D eigenvalue weighted by Crippen LogP contribution is -2.53. The van der Waals surface area contributed by atoms with Gasteiger partial charge in [-0.15, -0.1) is 24.8 Å². The Morgan fingerprint density at radius 1 is 1.38 bits per heavy atom. The van der Waals surface area contributed by atoms with E-state index in [1.165, 1.54) is 0 Å². The third kappa shape index (κ3) is 4.36. The molecule has 3 rings (SSSR count). The van der Waals surface area contributed by atoms with Crippen LogP contribution in [0.1, 0.15) is 12.7 Å². The average molecular weight is 391 g/mol. The number of hydrogen-bond donors (Lipinski definition) is 1. The van der Waals surface area contributed by atoms with E-state index in [0.717, 1.165) is 42.2 Å². The molecular formula is C16H24Cl2N4OS. The van der Waals surface area contributed by atoms with Gasteiger partial charge < -0.3 is 14.8 Å². The third-order valence-corrected chi connectivity index (χ3v) is 4.67. The van der Waals surface area contributed by atoms with Crippen LogP contribution in [0.25, 0.3) is 11.0 Å². The van der Waals surface area contributed by atoms with Gasteiger partial charge in [0.05, 0.1) is 16.8 Å². The number of halogens is 2. The standard InChI is InChI=1S/C16H22N4OS.2ClH/c1-12-9-17-7-8-19(12)16(21)10-20-14-6-4-3-5-13(14)18-15(20)11-22-2;;/h3-6,12,17H,7-11H2,1-2H3;2*1H. The van der Waals surface area contributed by atoms with Crippen LogP contribution in [-0.2, 0) is 17.1 Å². The highest BCUT2D eigenvalue weighted by atomic mass is 35.5. The average Bonchev–Trinajstić information content (AvgIpc) is 2.86. The van der Waals surface area contributed by atoms with E-state index >= 15 is 0 Å². The Morgan fingerprint density at radius 3 is 2.83 bits per heavy atom. The predicted molar refractivity (Wildman–Crippen MR) is 105 cm³/mol. The van der Waals surface area contributed by atoms with Gasteiger partial charge in [-0.2, -0.15) is 11.8 Å². The van der Waals surface area contributed by atoms with Crippen molar-refractivity contribution < 1.29 is 4.79 Å². The number of amides is 1. The van der Waals surface area contributed by atoms with Crippen molar-refractivity contribution in [1.29, 1.82) is 0 Å². The van der Waals surface area contributed by atoms with Crippen molar-refractivity contribution in [3.63, 3.8) is 0 Å². The molecule has 1 N–H and O–H groups in total. The predicted octanol–water partition coefficient (Wildman–Crippen LogP) is 2.56. The maximum Gasteiger partial charge on any atom is 0.242 e. The van der Waals surface area contributed by atoms with E-state index in [2.05, 4.69) is 28.0 Å². The van der Waals surface area contributed by atoms with Crippen molar-refractivity contribution in [2.45, 2.75) is 25.3 Å². The van der Waals surface area contributed by atoms with Gasteiger partial charge in [0.2, 0.25) is 5.91 Å². The van der Waals surface area contributed by atoms with Crippen LogP contribution in [0.3, 0.4) is 0 Å². The van der Waals surface area contributed by atoms with Gasteiger partial charge in [0.15, 0.2) is 0 Å². The lowest BCUT2D eigenvalue weighted by molar-refractivity contribution is -0.134. The molecule has 0 spiro atoms. The Balaban J connectivity index is 0.00000144. The summed E-state index contributed by atoms with van der Waals surface area (Å²) < 4.78 is 2.07. The minimum absolute atomic E-state index is 0. The Labute approximate surface area is 159 Å². The van der Waals surface area contributed by atoms with Gasteiger partial charge in [0.1, 0.15) is 12.4 Å². The van der Waals surface area contributed by atoms with E-state index in [0.29, 0.717) is 6.54 Å². The molecule has 0 radical (unpaired) electrons. The molecule has 134 valence electrons. The van der Waals surface area contributed by atoms with E-state index in [-0.39, 0.29) is 36.8 Å². The first-order valence-corrected chi connectivity index (χ1v) is 9.03. The van der Waals surface area contributed by atoms with Gasteiger partial charge in [-0.25, -0.2) is 4.98 Å². The maximum absolute atomic E-state index is 12.7. The zero-order valence-electron chi connectivity index (χ0n) is 13.9. The minimum atomic E-state index is 0. The topological polar surface area (TPSA) is 50.2 Å². The SMILES string of the molecule is CSCc1nc2ccccc2n1CC(=O)N1CCNCC1C.Cl.Cl. The summed E-state index contributed by atoms with van der Waals surface area (Å²) in [4.78, 5) is 19.4. The van der Waals surface area contributed by atoms with Crippen LogP contribution in [0.2, 0.25) is 0 Å². The van der Waals surface area contributed by atoms with Crippen LogP contribution in [0.5, 0.6) is 0 Å². The van der Waals surface area contributed by atoms with Gasteiger partial charge in [-0.05, 0) is 25.3 Å². The molecule has 1 atom stereocenters. The summed E-state index contributed by atoms with van der Waals surface area (Å²) in [5.74, 6) is 1.98.